The van der Waals surface area contributed by atoms with Crippen molar-refractivity contribution in [2.45, 2.75) is 16.2 Å². The quantitative estimate of drug-likeness (QED) is 0.843. The summed E-state index contributed by atoms with van der Waals surface area (Å²) in [7, 11) is -3.69. The number of para-hydroxylation sites is 1. The van der Waals surface area contributed by atoms with Gasteiger partial charge in [-0.3, -0.25) is 9.52 Å². The molecule has 0 spiro atoms. The summed E-state index contributed by atoms with van der Waals surface area (Å²) in [6.07, 6.45) is 2.10. The van der Waals surface area contributed by atoms with Crippen LogP contribution in [0.2, 0.25) is 0 Å². The first-order valence-electron chi connectivity index (χ1n) is 6.58. The topological polar surface area (TPSA) is 75.3 Å². The lowest BCUT2D eigenvalue weighted by atomic mass is 10.2. The van der Waals surface area contributed by atoms with Gasteiger partial charge in [0.05, 0.1) is 17.0 Å². The summed E-state index contributed by atoms with van der Waals surface area (Å²) in [6, 6.07) is 11.9. The predicted molar refractivity (Wildman–Crippen MR) is 87.8 cm³/mol. The minimum Gasteiger partial charge on any atom is -0.326 e. The van der Waals surface area contributed by atoms with Gasteiger partial charge >= 0.3 is 0 Å². The molecular formula is C15H14N2O3S2. The number of rotatable bonds is 4. The Balaban J connectivity index is 1.94. The van der Waals surface area contributed by atoms with Crippen molar-refractivity contribution in [2.75, 3.05) is 16.3 Å². The van der Waals surface area contributed by atoms with E-state index in [0.29, 0.717) is 16.9 Å². The number of thioether (sulfide) groups is 1. The van der Waals surface area contributed by atoms with Crippen LogP contribution >= 0.6 is 11.8 Å². The molecule has 0 unspecified atom stereocenters. The number of benzene rings is 2. The Kier molecular flexibility index (Phi) is 3.84. The molecule has 0 aromatic heterocycles. The minimum atomic E-state index is -3.69. The average molecular weight is 334 g/mol. The summed E-state index contributed by atoms with van der Waals surface area (Å²) in [5, 5.41) is 2.69. The van der Waals surface area contributed by atoms with Gasteiger partial charge in [-0.15, -0.1) is 11.8 Å². The van der Waals surface area contributed by atoms with Gasteiger partial charge in [0.2, 0.25) is 5.91 Å². The van der Waals surface area contributed by atoms with Gasteiger partial charge in [0.25, 0.3) is 10.0 Å². The monoisotopic (exact) mass is 334 g/mol. The van der Waals surface area contributed by atoms with Crippen LogP contribution in [0.4, 0.5) is 11.4 Å². The molecule has 0 fully saturated rings. The van der Waals surface area contributed by atoms with E-state index in [1.54, 1.807) is 18.2 Å². The Labute approximate surface area is 133 Å². The van der Waals surface area contributed by atoms with E-state index >= 15 is 0 Å². The fourth-order valence-corrected chi connectivity index (χ4v) is 4.05. The number of hydrogen-bond acceptors (Lipinski definition) is 4. The number of fused-ring (bicyclic) bond motifs is 1. The van der Waals surface area contributed by atoms with Crippen LogP contribution in [0.3, 0.4) is 0 Å². The van der Waals surface area contributed by atoms with Gasteiger partial charge in [-0.25, -0.2) is 8.42 Å². The lowest BCUT2D eigenvalue weighted by Crippen LogP contribution is -2.13. The van der Waals surface area contributed by atoms with E-state index in [2.05, 4.69) is 10.0 Å². The second kappa shape index (κ2) is 5.66. The molecule has 2 aromatic rings. The van der Waals surface area contributed by atoms with Crippen molar-refractivity contribution in [2.24, 2.45) is 0 Å². The number of anilines is 2. The summed E-state index contributed by atoms with van der Waals surface area (Å²) in [6.45, 7) is 0. The van der Waals surface area contributed by atoms with Crippen molar-refractivity contribution in [1.29, 1.82) is 0 Å². The lowest BCUT2D eigenvalue weighted by molar-refractivity contribution is -0.115. The van der Waals surface area contributed by atoms with Crippen LogP contribution in [0.1, 0.15) is 5.56 Å². The Hall–Kier alpha value is -1.99. The van der Waals surface area contributed by atoms with Crippen molar-refractivity contribution in [3.8, 4) is 0 Å². The third-order valence-corrected chi connectivity index (χ3v) is 5.52. The number of hydrogen-bond donors (Lipinski definition) is 2. The van der Waals surface area contributed by atoms with Gasteiger partial charge in [0.15, 0.2) is 0 Å². The lowest BCUT2D eigenvalue weighted by Gasteiger charge is -2.12. The van der Waals surface area contributed by atoms with E-state index in [0.717, 1.165) is 4.90 Å². The molecule has 114 valence electrons. The number of sulfonamides is 1. The number of carbonyl (C=O) groups is 1. The largest absolute Gasteiger partial charge is 0.326 e. The SMILES string of the molecule is CSc1ccccc1NS(=O)(=O)c1ccc2c(c1)CC(=O)N2. The number of carbonyl (C=O) groups excluding carboxylic acids is 1. The molecule has 5 nitrogen and oxygen atoms in total. The van der Waals surface area contributed by atoms with Gasteiger partial charge < -0.3 is 5.32 Å². The zero-order chi connectivity index (χ0) is 15.7. The Morgan fingerprint density at radius 1 is 1.18 bits per heavy atom. The second-order valence-corrected chi connectivity index (χ2v) is 7.38. The summed E-state index contributed by atoms with van der Waals surface area (Å²) >= 11 is 1.47. The molecule has 0 aliphatic carbocycles. The van der Waals surface area contributed by atoms with Crippen molar-refractivity contribution in [1.82, 2.24) is 0 Å². The van der Waals surface area contributed by atoms with Gasteiger partial charge in [-0.05, 0) is 42.2 Å². The molecule has 7 heteroatoms. The van der Waals surface area contributed by atoms with Gasteiger partial charge in [-0.1, -0.05) is 12.1 Å². The molecule has 0 saturated heterocycles. The Morgan fingerprint density at radius 2 is 1.95 bits per heavy atom. The molecule has 3 rings (SSSR count). The summed E-state index contributed by atoms with van der Waals surface area (Å²) < 4.78 is 27.7. The molecule has 1 aliphatic heterocycles. The highest BCUT2D eigenvalue weighted by Gasteiger charge is 2.22. The fraction of sp³-hybridized carbons (Fsp3) is 0.133. The zero-order valence-electron chi connectivity index (χ0n) is 11.8. The molecule has 0 atom stereocenters. The smallest absolute Gasteiger partial charge is 0.261 e. The van der Waals surface area contributed by atoms with Crippen LogP contribution in [0.15, 0.2) is 52.3 Å². The molecule has 1 heterocycles. The molecule has 1 aliphatic rings. The van der Waals surface area contributed by atoms with Gasteiger partial charge in [-0.2, -0.15) is 0 Å². The minimum absolute atomic E-state index is 0.120. The van der Waals surface area contributed by atoms with E-state index in [1.165, 1.54) is 23.9 Å². The number of nitrogens with one attached hydrogen (secondary N) is 2. The Bertz CT molecular complexity index is 848. The maximum atomic E-state index is 12.5. The van der Waals surface area contributed by atoms with Gasteiger partial charge in [0.1, 0.15) is 0 Å². The van der Waals surface area contributed by atoms with E-state index < -0.39 is 10.0 Å². The molecule has 0 saturated carbocycles. The van der Waals surface area contributed by atoms with Crippen LogP contribution in [0.25, 0.3) is 0 Å². The molecule has 22 heavy (non-hydrogen) atoms. The predicted octanol–water partition coefficient (Wildman–Crippen LogP) is 2.70. The van der Waals surface area contributed by atoms with Crippen molar-refractivity contribution < 1.29 is 13.2 Å². The fourth-order valence-electron chi connectivity index (χ4n) is 2.31. The molecule has 2 N–H and O–H groups in total. The molecule has 1 amide bonds. The van der Waals surface area contributed by atoms with Gasteiger partial charge in [0, 0.05) is 10.6 Å². The zero-order valence-corrected chi connectivity index (χ0v) is 13.4. The summed E-state index contributed by atoms with van der Waals surface area (Å²) in [5.41, 5.74) is 1.92. The summed E-state index contributed by atoms with van der Waals surface area (Å²) in [4.78, 5) is 12.4. The highest BCUT2D eigenvalue weighted by Crippen LogP contribution is 2.29. The van der Waals surface area contributed by atoms with E-state index in [9.17, 15) is 13.2 Å². The Morgan fingerprint density at radius 3 is 2.73 bits per heavy atom. The van der Waals surface area contributed by atoms with Crippen LogP contribution in [-0.4, -0.2) is 20.6 Å². The molecule has 0 radical (unpaired) electrons. The first kappa shape index (κ1) is 14.9. The second-order valence-electron chi connectivity index (χ2n) is 4.85. The maximum Gasteiger partial charge on any atom is 0.261 e. The van der Waals surface area contributed by atoms with Crippen LogP contribution in [-0.2, 0) is 21.2 Å². The molecule has 2 aromatic carbocycles. The maximum absolute atomic E-state index is 12.5. The normalized spacial score (nSPS) is 13.6. The van der Waals surface area contributed by atoms with Crippen LogP contribution in [0.5, 0.6) is 0 Å². The highest BCUT2D eigenvalue weighted by atomic mass is 32.2. The van der Waals surface area contributed by atoms with Crippen molar-refractivity contribution in [3.63, 3.8) is 0 Å². The highest BCUT2D eigenvalue weighted by molar-refractivity contribution is 7.99. The van der Waals surface area contributed by atoms with E-state index in [-0.39, 0.29) is 17.2 Å². The van der Waals surface area contributed by atoms with Crippen molar-refractivity contribution in [3.05, 3.63) is 48.0 Å². The third-order valence-electron chi connectivity index (χ3n) is 3.36. The number of amides is 1. The third kappa shape index (κ3) is 2.82. The van der Waals surface area contributed by atoms with Crippen LogP contribution in [0, 0.1) is 0 Å². The average Bonchev–Trinajstić information content (AvgIpc) is 2.86. The molecule has 0 bridgehead atoms. The summed E-state index contributed by atoms with van der Waals surface area (Å²) in [5.74, 6) is -0.120. The molecular weight excluding hydrogens is 320 g/mol. The van der Waals surface area contributed by atoms with Crippen LogP contribution < -0.4 is 10.0 Å². The van der Waals surface area contributed by atoms with E-state index in [1.807, 2.05) is 18.4 Å². The first-order chi connectivity index (χ1) is 10.5. The van der Waals surface area contributed by atoms with E-state index in [4.69, 9.17) is 0 Å². The van der Waals surface area contributed by atoms with Crippen molar-refractivity contribution >= 4 is 39.1 Å². The standard InChI is InChI=1S/C15H14N2O3S2/c1-21-14-5-3-2-4-13(14)17-22(19,20)11-6-7-12-10(8-11)9-15(18)16-12/h2-8,17H,9H2,1H3,(H,16,18). The first-order valence-corrected chi connectivity index (χ1v) is 9.29.